The first-order valence-electron chi connectivity index (χ1n) is 11.8. The van der Waals surface area contributed by atoms with Gasteiger partial charge in [0.15, 0.2) is 11.3 Å². The van der Waals surface area contributed by atoms with Crippen LogP contribution in [0.3, 0.4) is 0 Å². The standard InChI is InChI=1S/C23H29F2N7O2.H2/c1-13(2)14-3-5-15(6-4-14)32-12-18(20(29-32)21(24)25)27-23(34)17-9-26-31-8-7-19(28-22(17)31)30-10-16(33)11-30;/h7-9,12-16,21,33H,3-6,10-11H2,1-2H3,(H,27,34);1H. The molecule has 1 amide bonds. The van der Waals surface area contributed by atoms with Crippen LogP contribution >= 0.6 is 0 Å². The Hall–Kier alpha value is -3.08. The summed E-state index contributed by atoms with van der Waals surface area (Å²) in [6.45, 7) is 5.36. The summed E-state index contributed by atoms with van der Waals surface area (Å²) in [4.78, 5) is 19.4. The number of aliphatic hydroxyl groups excluding tert-OH is 1. The number of β-amino-alcohol motifs (C(OH)–C–C–N with tert-alkyl or cyclic N) is 1. The Morgan fingerprint density at radius 3 is 2.62 bits per heavy atom. The van der Waals surface area contributed by atoms with E-state index in [1.165, 1.54) is 16.9 Å². The Kier molecular flexibility index (Phi) is 5.97. The number of aliphatic hydroxyl groups is 1. The van der Waals surface area contributed by atoms with Crippen molar-refractivity contribution in [1.29, 1.82) is 0 Å². The Bertz CT molecular complexity index is 1180. The SMILES string of the molecule is CC(C)C1CCC(n2cc(NC(=O)c3cnn4ccc(N5CC(O)C5)nc34)c(C(F)F)n2)CC1.[HH]. The van der Waals surface area contributed by atoms with Gasteiger partial charge in [0, 0.05) is 26.9 Å². The predicted octanol–water partition coefficient (Wildman–Crippen LogP) is 3.93. The first-order valence-corrected chi connectivity index (χ1v) is 11.8. The molecule has 0 radical (unpaired) electrons. The molecule has 1 saturated carbocycles. The van der Waals surface area contributed by atoms with Crippen LogP contribution in [-0.4, -0.2) is 54.6 Å². The molecule has 0 bridgehead atoms. The molecule has 3 aromatic heterocycles. The number of nitrogens with one attached hydrogen (secondary N) is 1. The topological polar surface area (TPSA) is 101 Å². The zero-order valence-electron chi connectivity index (χ0n) is 19.2. The van der Waals surface area contributed by atoms with Gasteiger partial charge in [0.05, 0.1) is 24.0 Å². The van der Waals surface area contributed by atoms with Gasteiger partial charge in [-0.1, -0.05) is 13.8 Å². The molecule has 0 unspecified atom stereocenters. The number of halogens is 2. The average Bonchev–Trinajstić information content (AvgIpc) is 3.41. The van der Waals surface area contributed by atoms with Gasteiger partial charge in [-0.25, -0.2) is 18.3 Å². The minimum atomic E-state index is -2.81. The van der Waals surface area contributed by atoms with Gasteiger partial charge in [-0.05, 0) is 43.6 Å². The summed E-state index contributed by atoms with van der Waals surface area (Å²) in [6.07, 6.45) is 5.20. The van der Waals surface area contributed by atoms with Crippen molar-refractivity contribution in [3.8, 4) is 0 Å². The zero-order chi connectivity index (χ0) is 24.0. The number of carbonyl (C=O) groups excluding carboxylic acids is 1. The van der Waals surface area contributed by atoms with Crippen molar-refractivity contribution in [1.82, 2.24) is 24.4 Å². The van der Waals surface area contributed by atoms with E-state index in [-0.39, 0.29) is 18.7 Å². The molecule has 34 heavy (non-hydrogen) atoms. The number of fused-ring (bicyclic) bond motifs is 1. The lowest BCUT2D eigenvalue weighted by Gasteiger charge is -2.36. The molecular formula is C23H31F2N7O2. The van der Waals surface area contributed by atoms with Crippen LogP contribution in [0, 0.1) is 11.8 Å². The van der Waals surface area contributed by atoms with Crippen LogP contribution in [0.4, 0.5) is 20.3 Å². The lowest BCUT2D eigenvalue weighted by molar-refractivity contribution is 0.102. The molecule has 1 aliphatic heterocycles. The fraction of sp³-hybridized carbons (Fsp3) is 0.565. The third kappa shape index (κ3) is 4.24. The van der Waals surface area contributed by atoms with Crippen molar-refractivity contribution in [3.63, 3.8) is 0 Å². The second-order valence-corrected chi connectivity index (χ2v) is 9.65. The van der Waals surface area contributed by atoms with E-state index in [4.69, 9.17) is 0 Å². The number of hydrogen-bond acceptors (Lipinski definition) is 6. The van der Waals surface area contributed by atoms with Crippen molar-refractivity contribution in [3.05, 3.63) is 35.9 Å². The number of hydrogen-bond donors (Lipinski definition) is 2. The Balaban J connectivity index is 0.00000289. The maximum absolute atomic E-state index is 13.8. The summed E-state index contributed by atoms with van der Waals surface area (Å²) in [5.74, 6) is 1.29. The second kappa shape index (κ2) is 8.94. The zero-order valence-corrected chi connectivity index (χ0v) is 19.2. The highest BCUT2D eigenvalue weighted by atomic mass is 19.3. The van der Waals surface area contributed by atoms with Crippen molar-refractivity contribution in [2.75, 3.05) is 23.3 Å². The van der Waals surface area contributed by atoms with Gasteiger partial charge in [-0.3, -0.25) is 9.48 Å². The maximum atomic E-state index is 13.8. The molecule has 2 fully saturated rings. The summed E-state index contributed by atoms with van der Waals surface area (Å²) in [6, 6.07) is 1.80. The average molecular weight is 476 g/mol. The van der Waals surface area contributed by atoms with Crippen LogP contribution in [0.1, 0.15) is 69.5 Å². The molecule has 9 nitrogen and oxygen atoms in total. The molecule has 11 heteroatoms. The van der Waals surface area contributed by atoms with Crippen LogP contribution in [-0.2, 0) is 0 Å². The lowest BCUT2D eigenvalue weighted by Crippen LogP contribution is -2.51. The summed E-state index contributed by atoms with van der Waals surface area (Å²) < 4.78 is 30.6. The second-order valence-electron chi connectivity index (χ2n) is 9.65. The smallest absolute Gasteiger partial charge is 0.284 e. The van der Waals surface area contributed by atoms with E-state index in [9.17, 15) is 18.7 Å². The molecule has 5 rings (SSSR count). The first-order chi connectivity index (χ1) is 16.3. The Morgan fingerprint density at radius 2 is 1.97 bits per heavy atom. The van der Waals surface area contributed by atoms with E-state index in [2.05, 4.69) is 34.3 Å². The number of rotatable bonds is 6. The molecule has 184 valence electrons. The predicted molar refractivity (Wildman–Crippen MR) is 124 cm³/mol. The molecule has 2 aliphatic rings. The molecule has 0 aromatic carbocycles. The van der Waals surface area contributed by atoms with E-state index < -0.39 is 24.1 Å². The van der Waals surface area contributed by atoms with Gasteiger partial charge in [-0.2, -0.15) is 10.2 Å². The van der Waals surface area contributed by atoms with Gasteiger partial charge in [0.1, 0.15) is 11.4 Å². The molecule has 0 spiro atoms. The molecule has 3 aromatic rings. The fourth-order valence-electron chi connectivity index (χ4n) is 4.91. The molecule has 4 heterocycles. The highest BCUT2D eigenvalue weighted by Gasteiger charge is 2.29. The molecule has 2 N–H and O–H groups in total. The normalized spacial score (nSPS) is 21.4. The van der Waals surface area contributed by atoms with Crippen LogP contribution in [0.15, 0.2) is 24.7 Å². The van der Waals surface area contributed by atoms with Crippen molar-refractivity contribution in [2.24, 2.45) is 11.8 Å². The first kappa shape index (κ1) is 22.7. The molecule has 1 aliphatic carbocycles. The Labute approximate surface area is 197 Å². The van der Waals surface area contributed by atoms with Gasteiger partial charge < -0.3 is 15.3 Å². The molecule has 1 saturated heterocycles. The lowest BCUT2D eigenvalue weighted by atomic mass is 9.80. The summed E-state index contributed by atoms with van der Waals surface area (Å²) >= 11 is 0. The van der Waals surface area contributed by atoms with Crippen molar-refractivity contribution < 1.29 is 20.1 Å². The van der Waals surface area contributed by atoms with Gasteiger partial charge in [0.2, 0.25) is 0 Å². The van der Waals surface area contributed by atoms with Gasteiger partial charge in [-0.15, -0.1) is 0 Å². The van der Waals surface area contributed by atoms with Gasteiger partial charge >= 0.3 is 0 Å². The number of alkyl halides is 2. The third-order valence-electron chi connectivity index (χ3n) is 7.06. The molecular weight excluding hydrogens is 444 g/mol. The van der Waals surface area contributed by atoms with Crippen LogP contribution in [0.25, 0.3) is 5.65 Å². The van der Waals surface area contributed by atoms with Gasteiger partial charge in [0.25, 0.3) is 12.3 Å². The summed E-state index contributed by atoms with van der Waals surface area (Å²) in [5.41, 5.74) is 0.0640. The highest BCUT2D eigenvalue weighted by molar-refractivity contribution is 6.08. The monoisotopic (exact) mass is 475 g/mol. The van der Waals surface area contributed by atoms with Crippen LogP contribution in [0.2, 0.25) is 0 Å². The summed E-state index contributed by atoms with van der Waals surface area (Å²) in [5, 5.41) is 20.5. The van der Waals surface area contributed by atoms with E-state index in [1.54, 1.807) is 16.9 Å². The highest BCUT2D eigenvalue weighted by Crippen LogP contribution is 2.37. The number of carbonyl (C=O) groups is 1. The van der Waals surface area contributed by atoms with E-state index >= 15 is 0 Å². The number of amides is 1. The van der Waals surface area contributed by atoms with Crippen molar-refractivity contribution in [2.45, 2.75) is 58.1 Å². The van der Waals surface area contributed by atoms with E-state index in [0.29, 0.717) is 36.4 Å². The van der Waals surface area contributed by atoms with E-state index in [0.717, 1.165) is 25.7 Å². The minimum Gasteiger partial charge on any atom is -0.389 e. The Morgan fingerprint density at radius 1 is 1.24 bits per heavy atom. The van der Waals surface area contributed by atoms with Crippen LogP contribution < -0.4 is 10.2 Å². The largest absolute Gasteiger partial charge is 0.389 e. The van der Waals surface area contributed by atoms with Crippen molar-refractivity contribution >= 4 is 23.1 Å². The number of nitrogens with zero attached hydrogens (tertiary/aromatic N) is 6. The minimum absolute atomic E-state index is 0. The number of anilines is 2. The quantitative estimate of drug-likeness (QED) is 0.560. The third-order valence-corrected chi connectivity index (χ3v) is 7.06. The molecule has 0 atom stereocenters. The van der Waals surface area contributed by atoms with Crippen LogP contribution in [0.5, 0.6) is 0 Å². The maximum Gasteiger partial charge on any atom is 0.284 e. The number of aromatic nitrogens is 5. The van der Waals surface area contributed by atoms with E-state index in [1.807, 2.05) is 4.90 Å². The fourth-order valence-corrected chi connectivity index (χ4v) is 4.91. The summed E-state index contributed by atoms with van der Waals surface area (Å²) in [7, 11) is 0.